The average Bonchev–Trinajstić information content (AvgIpc) is 2.36. The third-order valence-corrected chi connectivity index (χ3v) is 4.39. The topological polar surface area (TPSA) is 12.0 Å². The largest absolute Gasteiger partial charge is 0.353 e. The van der Waals surface area contributed by atoms with Crippen molar-refractivity contribution in [2.45, 2.75) is 28.0 Å². The fraction of sp³-hybridized carbons (Fsp3) is 0.143. The molecule has 0 aromatic heterocycles. The van der Waals surface area contributed by atoms with Gasteiger partial charge in [-0.15, -0.1) is 12.6 Å². The highest BCUT2D eigenvalue weighted by atomic mass is 32.2. The normalized spacial score (nSPS) is 12.6. The van der Waals surface area contributed by atoms with Crippen molar-refractivity contribution in [1.82, 2.24) is 0 Å². The van der Waals surface area contributed by atoms with Crippen LogP contribution >= 0.6 is 24.4 Å². The summed E-state index contributed by atoms with van der Waals surface area (Å²) in [6.07, 6.45) is 1.04. The lowest BCUT2D eigenvalue weighted by atomic mass is 10.1. The van der Waals surface area contributed by atoms with Crippen molar-refractivity contribution in [3.05, 3.63) is 42.0 Å². The number of rotatable bonds is 1. The van der Waals surface area contributed by atoms with Crippen LogP contribution in [0.2, 0.25) is 0 Å². The number of thiol groups is 1. The molecule has 1 aliphatic rings. The number of aryl methyl sites for hydroxylation is 1. The molecule has 0 aliphatic carbocycles. The van der Waals surface area contributed by atoms with E-state index in [9.17, 15) is 0 Å². The van der Waals surface area contributed by atoms with Crippen LogP contribution in [0, 0.1) is 0 Å². The molecule has 0 saturated heterocycles. The van der Waals surface area contributed by atoms with Crippen molar-refractivity contribution in [2.75, 3.05) is 5.32 Å². The Morgan fingerprint density at radius 1 is 1.18 bits per heavy atom. The van der Waals surface area contributed by atoms with Crippen molar-refractivity contribution in [2.24, 2.45) is 0 Å². The molecule has 2 aromatic carbocycles. The highest BCUT2D eigenvalue weighted by Crippen LogP contribution is 2.46. The second kappa shape index (κ2) is 4.31. The standard InChI is InChI=1S/C14H13NS2/c1-2-9-7-11(16)14-13(8-9)17-12-6-4-3-5-10(12)15-14/h3-8,15-16H,2H2,1H3. The van der Waals surface area contributed by atoms with Gasteiger partial charge in [0.05, 0.1) is 11.4 Å². The van der Waals surface area contributed by atoms with Gasteiger partial charge in [0.25, 0.3) is 0 Å². The van der Waals surface area contributed by atoms with Crippen molar-refractivity contribution < 1.29 is 0 Å². The van der Waals surface area contributed by atoms with E-state index in [0.717, 1.165) is 17.0 Å². The summed E-state index contributed by atoms with van der Waals surface area (Å²) in [5.41, 5.74) is 3.64. The first kappa shape index (κ1) is 11.1. The highest BCUT2D eigenvalue weighted by molar-refractivity contribution is 7.99. The number of anilines is 2. The number of nitrogens with one attached hydrogen (secondary N) is 1. The molecule has 2 aromatic rings. The predicted molar refractivity (Wildman–Crippen MR) is 76.9 cm³/mol. The molecule has 86 valence electrons. The van der Waals surface area contributed by atoms with Crippen LogP contribution in [-0.4, -0.2) is 0 Å². The molecule has 17 heavy (non-hydrogen) atoms. The maximum atomic E-state index is 4.57. The smallest absolute Gasteiger partial charge is 0.0662 e. The summed E-state index contributed by atoms with van der Waals surface area (Å²) in [6, 6.07) is 12.8. The van der Waals surface area contributed by atoms with Crippen molar-refractivity contribution >= 4 is 35.8 Å². The summed E-state index contributed by atoms with van der Waals surface area (Å²) in [7, 11) is 0. The number of hydrogen-bond acceptors (Lipinski definition) is 3. The number of fused-ring (bicyclic) bond motifs is 2. The Bertz CT molecular complexity index is 578. The first-order valence-electron chi connectivity index (χ1n) is 5.67. The first-order valence-corrected chi connectivity index (χ1v) is 6.94. The predicted octanol–water partition coefficient (Wildman–Crippen LogP) is 4.75. The zero-order chi connectivity index (χ0) is 11.8. The third kappa shape index (κ3) is 1.94. The van der Waals surface area contributed by atoms with E-state index in [1.807, 2.05) is 11.8 Å². The molecular weight excluding hydrogens is 246 g/mol. The number of para-hydroxylation sites is 1. The van der Waals surface area contributed by atoms with Crippen molar-refractivity contribution in [1.29, 1.82) is 0 Å². The third-order valence-electron chi connectivity index (χ3n) is 2.92. The van der Waals surface area contributed by atoms with Gasteiger partial charge in [0.15, 0.2) is 0 Å². The molecule has 1 aliphatic heterocycles. The Morgan fingerprint density at radius 2 is 2.00 bits per heavy atom. The van der Waals surface area contributed by atoms with Gasteiger partial charge in [-0.05, 0) is 36.2 Å². The first-order chi connectivity index (χ1) is 8.28. The van der Waals surface area contributed by atoms with E-state index in [1.54, 1.807) is 0 Å². The van der Waals surface area contributed by atoms with E-state index in [2.05, 4.69) is 61.3 Å². The van der Waals surface area contributed by atoms with Gasteiger partial charge >= 0.3 is 0 Å². The average molecular weight is 259 g/mol. The molecule has 0 radical (unpaired) electrons. The van der Waals surface area contributed by atoms with Gasteiger partial charge in [-0.3, -0.25) is 0 Å². The monoisotopic (exact) mass is 259 g/mol. The van der Waals surface area contributed by atoms with Crippen LogP contribution in [0.15, 0.2) is 51.1 Å². The van der Waals surface area contributed by atoms with Gasteiger partial charge in [0.1, 0.15) is 0 Å². The van der Waals surface area contributed by atoms with E-state index in [0.29, 0.717) is 0 Å². The number of hydrogen-bond donors (Lipinski definition) is 2. The molecule has 1 nitrogen and oxygen atoms in total. The molecule has 1 heterocycles. The van der Waals surface area contributed by atoms with Crippen LogP contribution < -0.4 is 5.32 Å². The van der Waals surface area contributed by atoms with Crippen LogP contribution in [0.25, 0.3) is 0 Å². The molecule has 3 heteroatoms. The zero-order valence-electron chi connectivity index (χ0n) is 9.53. The fourth-order valence-electron chi connectivity index (χ4n) is 1.98. The molecule has 0 atom stereocenters. The second-order valence-corrected chi connectivity index (χ2v) is 5.63. The minimum atomic E-state index is 1.03. The van der Waals surface area contributed by atoms with E-state index in [1.165, 1.54) is 21.0 Å². The molecule has 0 fully saturated rings. The zero-order valence-corrected chi connectivity index (χ0v) is 11.2. The molecule has 0 saturated carbocycles. The summed E-state index contributed by atoms with van der Waals surface area (Å²) in [5.74, 6) is 0. The lowest BCUT2D eigenvalue weighted by molar-refractivity contribution is 1.10. The fourth-order valence-corrected chi connectivity index (χ4v) is 3.48. The lowest BCUT2D eigenvalue weighted by Crippen LogP contribution is -2.01. The molecule has 3 rings (SSSR count). The SMILES string of the molecule is CCc1cc(S)c2c(c1)Sc1ccccc1N2. The van der Waals surface area contributed by atoms with Gasteiger partial charge in [-0.2, -0.15) is 0 Å². The molecule has 0 amide bonds. The molecular formula is C14H13NS2. The summed E-state index contributed by atoms with van der Waals surface area (Å²) < 4.78 is 0. The van der Waals surface area contributed by atoms with Gasteiger partial charge in [0, 0.05) is 14.7 Å². The molecule has 0 unspecified atom stereocenters. The minimum absolute atomic E-state index is 1.03. The Balaban J connectivity index is 2.11. The highest BCUT2D eigenvalue weighted by Gasteiger charge is 2.17. The summed E-state index contributed by atoms with van der Waals surface area (Å²) >= 11 is 6.39. The Kier molecular flexibility index (Phi) is 2.81. The summed E-state index contributed by atoms with van der Waals surface area (Å²) in [5, 5.41) is 3.46. The van der Waals surface area contributed by atoms with Crippen molar-refractivity contribution in [3.8, 4) is 0 Å². The molecule has 1 N–H and O–H groups in total. The van der Waals surface area contributed by atoms with Crippen LogP contribution in [0.5, 0.6) is 0 Å². The van der Waals surface area contributed by atoms with Gasteiger partial charge in [-0.25, -0.2) is 0 Å². The van der Waals surface area contributed by atoms with Crippen molar-refractivity contribution in [3.63, 3.8) is 0 Å². The summed E-state index contributed by atoms with van der Waals surface area (Å²) in [4.78, 5) is 3.58. The number of benzene rings is 2. The Hall–Kier alpha value is -1.06. The maximum Gasteiger partial charge on any atom is 0.0662 e. The van der Waals surface area contributed by atoms with E-state index in [4.69, 9.17) is 0 Å². The lowest BCUT2D eigenvalue weighted by Gasteiger charge is -2.22. The van der Waals surface area contributed by atoms with E-state index >= 15 is 0 Å². The van der Waals surface area contributed by atoms with Crippen LogP contribution in [0.1, 0.15) is 12.5 Å². The molecule has 0 bridgehead atoms. The van der Waals surface area contributed by atoms with Crippen LogP contribution in [0.4, 0.5) is 11.4 Å². The van der Waals surface area contributed by atoms with E-state index in [-0.39, 0.29) is 0 Å². The summed E-state index contributed by atoms with van der Waals surface area (Å²) in [6.45, 7) is 2.17. The van der Waals surface area contributed by atoms with E-state index < -0.39 is 0 Å². The molecule has 0 spiro atoms. The van der Waals surface area contributed by atoms with Crippen LogP contribution in [-0.2, 0) is 6.42 Å². The van der Waals surface area contributed by atoms with Gasteiger partial charge < -0.3 is 5.32 Å². The quantitative estimate of drug-likeness (QED) is 0.612. The minimum Gasteiger partial charge on any atom is -0.353 e. The van der Waals surface area contributed by atoms with Gasteiger partial charge in [0.2, 0.25) is 0 Å². The maximum absolute atomic E-state index is 4.57. The Morgan fingerprint density at radius 3 is 2.82 bits per heavy atom. The Labute approximate surface area is 111 Å². The second-order valence-electron chi connectivity index (χ2n) is 4.06. The van der Waals surface area contributed by atoms with Crippen LogP contribution in [0.3, 0.4) is 0 Å². The van der Waals surface area contributed by atoms with Gasteiger partial charge in [-0.1, -0.05) is 30.8 Å².